The summed E-state index contributed by atoms with van der Waals surface area (Å²) in [5, 5.41) is 11.0. The summed E-state index contributed by atoms with van der Waals surface area (Å²) in [5.74, 6) is -1.75. The van der Waals surface area contributed by atoms with Gasteiger partial charge in [-0.3, -0.25) is 4.79 Å². The largest absolute Gasteiger partial charge is 0.619 e. The van der Waals surface area contributed by atoms with Crippen molar-refractivity contribution in [2.24, 2.45) is 0 Å². The van der Waals surface area contributed by atoms with E-state index < -0.39 is 23.8 Å². The third-order valence-corrected chi connectivity index (χ3v) is 3.76. The second-order valence-electron chi connectivity index (χ2n) is 5.48. The number of aromatic amines is 1. The van der Waals surface area contributed by atoms with E-state index in [0.29, 0.717) is 16.0 Å². The molecule has 2 aromatic rings. The van der Waals surface area contributed by atoms with Crippen molar-refractivity contribution in [3.63, 3.8) is 0 Å². The van der Waals surface area contributed by atoms with Crippen LogP contribution in [0.5, 0.6) is 0 Å². The van der Waals surface area contributed by atoms with Crippen molar-refractivity contribution < 1.29 is 28.6 Å². The summed E-state index contributed by atoms with van der Waals surface area (Å²) < 4.78 is 10.4. The lowest BCUT2D eigenvalue weighted by molar-refractivity contribution is -0.605. The predicted molar refractivity (Wildman–Crippen MR) is 86.2 cm³/mol. The lowest BCUT2D eigenvalue weighted by Crippen LogP contribution is -2.27. The molecule has 0 radical (unpaired) electrons. The number of methoxy groups -OCH3 is 1. The van der Waals surface area contributed by atoms with Crippen LogP contribution in [0.2, 0.25) is 0 Å². The van der Waals surface area contributed by atoms with Crippen LogP contribution in [0, 0.1) is 19.1 Å². The predicted octanol–water partition coefficient (Wildman–Crippen LogP) is 1.48. The number of ether oxygens (including phenoxy) is 2. The van der Waals surface area contributed by atoms with E-state index in [0.717, 1.165) is 12.4 Å². The molecule has 0 aliphatic rings. The summed E-state index contributed by atoms with van der Waals surface area (Å²) in [4.78, 5) is 39.2. The highest BCUT2D eigenvalue weighted by atomic mass is 16.5. The Morgan fingerprint density at radius 1 is 1.16 bits per heavy atom. The lowest BCUT2D eigenvalue weighted by atomic mass is 10.1. The zero-order valence-electron chi connectivity index (χ0n) is 14.3. The molecule has 0 amide bonds. The highest BCUT2D eigenvalue weighted by Crippen LogP contribution is 2.21. The van der Waals surface area contributed by atoms with E-state index in [-0.39, 0.29) is 16.8 Å². The minimum Gasteiger partial charge on any atom is -0.619 e. The topological polar surface area (TPSA) is 112 Å². The summed E-state index contributed by atoms with van der Waals surface area (Å²) in [6.07, 6.45) is 1.24. The molecule has 8 heteroatoms. The summed E-state index contributed by atoms with van der Waals surface area (Å²) in [5.41, 5.74) is 1.55. The number of rotatable bonds is 5. The molecule has 132 valence electrons. The van der Waals surface area contributed by atoms with Crippen LogP contribution in [0.25, 0.3) is 0 Å². The number of carbonyl (C=O) groups is 3. The molecule has 0 aliphatic carbocycles. The van der Waals surface area contributed by atoms with Crippen LogP contribution < -0.4 is 4.73 Å². The van der Waals surface area contributed by atoms with Crippen LogP contribution in [-0.2, 0) is 9.47 Å². The van der Waals surface area contributed by atoms with Gasteiger partial charge < -0.3 is 19.7 Å². The number of ketones is 1. The number of nitrogens with zero attached hydrogens (tertiary/aromatic N) is 1. The SMILES string of the molecule is COC(=O)c1c(C)[nH]c(C(=O)[C@@H](C)OC(=O)c2cc[n+]([O-])cc2)c1C. The van der Waals surface area contributed by atoms with Gasteiger partial charge >= 0.3 is 11.9 Å². The first kappa shape index (κ1) is 18.2. The number of nitrogens with one attached hydrogen (secondary N) is 1. The number of aromatic nitrogens is 2. The van der Waals surface area contributed by atoms with Crippen LogP contribution >= 0.6 is 0 Å². The fourth-order valence-corrected chi connectivity index (χ4v) is 2.44. The zero-order valence-corrected chi connectivity index (χ0v) is 14.3. The molecule has 0 aliphatic heterocycles. The summed E-state index contributed by atoms with van der Waals surface area (Å²) in [6.45, 7) is 4.70. The molecule has 8 nitrogen and oxygen atoms in total. The van der Waals surface area contributed by atoms with Gasteiger partial charge in [-0.2, -0.15) is 4.73 Å². The number of hydrogen-bond acceptors (Lipinski definition) is 6. The Labute approximate surface area is 144 Å². The van der Waals surface area contributed by atoms with Crippen molar-refractivity contribution >= 4 is 17.7 Å². The number of carbonyl (C=O) groups excluding carboxylic acids is 3. The normalized spacial score (nSPS) is 11.7. The maximum absolute atomic E-state index is 12.5. The van der Waals surface area contributed by atoms with Gasteiger partial charge in [0.15, 0.2) is 18.5 Å². The highest BCUT2D eigenvalue weighted by molar-refractivity contribution is 6.04. The molecule has 0 saturated heterocycles. The van der Waals surface area contributed by atoms with Crippen molar-refractivity contribution in [3.8, 4) is 0 Å². The summed E-state index contributed by atoms with van der Waals surface area (Å²) >= 11 is 0. The van der Waals surface area contributed by atoms with Crippen molar-refractivity contribution in [1.29, 1.82) is 0 Å². The van der Waals surface area contributed by atoms with Gasteiger partial charge in [0.05, 0.1) is 23.9 Å². The number of aryl methyl sites for hydroxylation is 1. The van der Waals surface area contributed by atoms with Crippen molar-refractivity contribution in [2.45, 2.75) is 26.9 Å². The van der Waals surface area contributed by atoms with E-state index in [1.165, 1.54) is 26.2 Å². The first-order chi connectivity index (χ1) is 11.8. The summed E-state index contributed by atoms with van der Waals surface area (Å²) in [7, 11) is 1.26. The number of pyridine rings is 1. The first-order valence-electron chi connectivity index (χ1n) is 7.47. The molecule has 0 spiro atoms. The van der Waals surface area contributed by atoms with Crippen LogP contribution in [0.1, 0.15) is 49.4 Å². The zero-order chi connectivity index (χ0) is 18.7. The van der Waals surface area contributed by atoms with E-state index in [4.69, 9.17) is 9.47 Å². The Morgan fingerprint density at radius 3 is 2.32 bits per heavy atom. The molecule has 2 aromatic heterocycles. The molecule has 0 bridgehead atoms. The molecule has 0 saturated carbocycles. The fraction of sp³-hybridized carbons (Fsp3) is 0.294. The van der Waals surface area contributed by atoms with E-state index in [1.54, 1.807) is 13.8 Å². The van der Waals surface area contributed by atoms with Crippen molar-refractivity contribution in [1.82, 2.24) is 4.98 Å². The molecule has 1 N–H and O–H groups in total. The molecule has 2 rings (SSSR count). The lowest BCUT2D eigenvalue weighted by Gasteiger charge is -2.12. The van der Waals surface area contributed by atoms with Gasteiger partial charge in [0.1, 0.15) is 0 Å². The Kier molecular flexibility index (Phi) is 5.21. The summed E-state index contributed by atoms with van der Waals surface area (Å²) in [6, 6.07) is 2.60. The van der Waals surface area contributed by atoms with E-state index >= 15 is 0 Å². The molecule has 0 unspecified atom stereocenters. The smallest absolute Gasteiger partial charge is 0.339 e. The minimum absolute atomic E-state index is 0.154. The van der Waals surface area contributed by atoms with Crippen LogP contribution in [0.4, 0.5) is 0 Å². The fourth-order valence-electron chi connectivity index (χ4n) is 2.44. The second-order valence-corrected chi connectivity index (χ2v) is 5.48. The molecule has 2 heterocycles. The molecule has 1 atom stereocenters. The van der Waals surface area contributed by atoms with Crippen LogP contribution in [0.15, 0.2) is 24.5 Å². The van der Waals surface area contributed by atoms with Crippen LogP contribution in [0.3, 0.4) is 0 Å². The maximum atomic E-state index is 12.5. The van der Waals surface area contributed by atoms with E-state index in [2.05, 4.69) is 4.98 Å². The number of Topliss-reactive ketones (excluding diaryl/α,β-unsaturated/α-hetero) is 1. The Bertz CT molecular complexity index is 822. The van der Waals surface area contributed by atoms with Crippen molar-refractivity contribution in [3.05, 3.63) is 57.8 Å². The maximum Gasteiger partial charge on any atom is 0.339 e. The van der Waals surface area contributed by atoms with Gasteiger partial charge in [0, 0.05) is 17.8 Å². The first-order valence-corrected chi connectivity index (χ1v) is 7.47. The van der Waals surface area contributed by atoms with Crippen molar-refractivity contribution in [2.75, 3.05) is 7.11 Å². The minimum atomic E-state index is -1.07. The number of hydrogen-bond donors (Lipinski definition) is 1. The van der Waals surface area contributed by atoms with Gasteiger partial charge in [-0.15, -0.1) is 0 Å². The molecule has 0 fully saturated rings. The third-order valence-electron chi connectivity index (χ3n) is 3.76. The highest BCUT2D eigenvalue weighted by Gasteiger charge is 2.27. The number of H-pyrrole nitrogens is 1. The molecular weight excluding hydrogens is 328 g/mol. The Hall–Kier alpha value is -3.16. The van der Waals surface area contributed by atoms with Gasteiger partial charge in [-0.05, 0) is 26.3 Å². The van der Waals surface area contributed by atoms with Gasteiger partial charge in [0.2, 0.25) is 5.78 Å². The molecular formula is C17H18N2O6. The Morgan fingerprint density at radius 2 is 1.76 bits per heavy atom. The molecule has 0 aromatic carbocycles. The standard InChI is InChI=1S/C17H18N2O6/c1-9-13(17(22)24-4)10(2)18-14(9)15(20)11(3)25-16(21)12-5-7-19(23)8-6-12/h5-8,11,18H,1-4H3/t11-/m1/s1. The molecule has 25 heavy (non-hydrogen) atoms. The van der Waals surface area contributed by atoms with Gasteiger partial charge in [-0.25, -0.2) is 9.59 Å². The number of esters is 2. The second kappa shape index (κ2) is 7.16. The van der Waals surface area contributed by atoms with Gasteiger partial charge in [0.25, 0.3) is 0 Å². The monoisotopic (exact) mass is 346 g/mol. The van der Waals surface area contributed by atoms with E-state index in [1.807, 2.05) is 0 Å². The van der Waals surface area contributed by atoms with Crippen LogP contribution in [-0.4, -0.2) is 35.9 Å². The van der Waals surface area contributed by atoms with Gasteiger partial charge in [-0.1, -0.05) is 0 Å². The average molecular weight is 346 g/mol. The Balaban J connectivity index is 2.19. The third kappa shape index (κ3) is 3.68. The van der Waals surface area contributed by atoms with E-state index in [9.17, 15) is 19.6 Å². The average Bonchev–Trinajstić information content (AvgIpc) is 2.88. The quantitative estimate of drug-likeness (QED) is 0.380.